The highest BCUT2D eigenvalue weighted by Gasteiger charge is 2.22. The summed E-state index contributed by atoms with van der Waals surface area (Å²) in [4.78, 5) is 25.2. The van der Waals surface area contributed by atoms with Gasteiger partial charge >= 0.3 is 0 Å². The largest absolute Gasteiger partial charge is 0.355 e. The quantitative estimate of drug-likeness (QED) is 0.846. The highest BCUT2D eigenvalue weighted by Crippen LogP contribution is 2.24. The number of anilines is 1. The predicted molar refractivity (Wildman–Crippen MR) is 72.9 cm³/mol. The van der Waals surface area contributed by atoms with Crippen molar-refractivity contribution in [1.82, 2.24) is 20.3 Å². The van der Waals surface area contributed by atoms with Crippen LogP contribution in [0.25, 0.3) is 11.0 Å². The van der Waals surface area contributed by atoms with Crippen molar-refractivity contribution in [3.8, 4) is 0 Å². The van der Waals surface area contributed by atoms with Crippen molar-refractivity contribution in [3.63, 3.8) is 0 Å². The van der Waals surface area contributed by atoms with Crippen molar-refractivity contribution >= 4 is 22.8 Å². The smallest absolute Gasteiger partial charge is 0.217 e. The third kappa shape index (κ3) is 2.38. The van der Waals surface area contributed by atoms with E-state index in [2.05, 4.69) is 25.2 Å². The number of carbonyl (C=O) groups excluding carboxylic acids is 1. The maximum absolute atomic E-state index is 11.1. The van der Waals surface area contributed by atoms with Gasteiger partial charge in [0.1, 0.15) is 5.52 Å². The fraction of sp³-hybridized carbons (Fsp3) is 0.462. The van der Waals surface area contributed by atoms with Crippen molar-refractivity contribution in [2.75, 3.05) is 18.0 Å². The van der Waals surface area contributed by atoms with E-state index in [4.69, 9.17) is 0 Å². The average molecular weight is 259 g/mol. The molecule has 19 heavy (non-hydrogen) atoms. The molecule has 0 unspecified atom stereocenters. The zero-order chi connectivity index (χ0) is 13.2. The lowest BCUT2D eigenvalue weighted by Gasteiger charge is -2.33. The van der Waals surface area contributed by atoms with Gasteiger partial charge in [-0.3, -0.25) is 4.79 Å². The molecule has 0 spiro atoms. The second kappa shape index (κ2) is 4.87. The molecule has 2 N–H and O–H groups in total. The summed E-state index contributed by atoms with van der Waals surface area (Å²) in [6, 6.07) is 2.21. The van der Waals surface area contributed by atoms with Crippen LogP contribution < -0.4 is 10.2 Å². The van der Waals surface area contributed by atoms with Crippen LogP contribution in [0.1, 0.15) is 19.8 Å². The van der Waals surface area contributed by atoms with E-state index in [1.807, 2.05) is 6.07 Å². The number of fused-ring (bicyclic) bond motifs is 1. The number of amides is 1. The Kier molecular flexibility index (Phi) is 3.06. The van der Waals surface area contributed by atoms with E-state index in [9.17, 15) is 4.79 Å². The van der Waals surface area contributed by atoms with Crippen LogP contribution in [0.5, 0.6) is 0 Å². The first-order valence-corrected chi connectivity index (χ1v) is 6.54. The van der Waals surface area contributed by atoms with Gasteiger partial charge in [0.15, 0.2) is 5.82 Å². The van der Waals surface area contributed by atoms with Gasteiger partial charge in [-0.25, -0.2) is 9.97 Å². The topological polar surface area (TPSA) is 73.9 Å². The van der Waals surface area contributed by atoms with Gasteiger partial charge in [-0.05, 0) is 18.9 Å². The van der Waals surface area contributed by atoms with E-state index in [1.165, 1.54) is 0 Å². The van der Waals surface area contributed by atoms with E-state index in [0.717, 1.165) is 42.8 Å². The minimum Gasteiger partial charge on any atom is -0.355 e. The lowest BCUT2D eigenvalue weighted by Crippen LogP contribution is -2.44. The summed E-state index contributed by atoms with van der Waals surface area (Å²) in [5.74, 6) is 0.978. The molecule has 0 saturated carbocycles. The Hall–Kier alpha value is -2.11. The molecular weight excluding hydrogens is 242 g/mol. The third-order valence-electron chi connectivity index (χ3n) is 3.52. The zero-order valence-corrected chi connectivity index (χ0v) is 10.9. The molecule has 1 fully saturated rings. The summed E-state index contributed by atoms with van der Waals surface area (Å²) in [7, 11) is 0. The summed E-state index contributed by atoms with van der Waals surface area (Å²) in [5, 5.41) is 2.98. The average Bonchev–Trinajstić information content (AvgIpc) is 2.87. The van der Waals surface area contributed by atoms with E-state index in [-0.39, 0.29) is 11.9 Å². The van der Waals surface area contributed by atoms with Gasteiger partial charge in [0.2, 0.25) is 5.91 Å². The minimum atomic E-state index is 0.0472. The van der Waals surface area contributed by atoms with Crippen LogP contribution in [0.3, 0.4) is 0 Å². The number of aromatic nitrogens is 3. The number of pyridine rings is 1. The first kappa shape index (κ1) is 12.0. The molecule has 3 heterocycles. The van der Waals surface area contributed by atoms with Gasteiger partial charge in [-0.1, -0.05) is 0 Å². The van der Waals surface area contributed by atoms with Crippen LogP contribution in [0.15, 0.2) is 18.6 Å². The number of piperidine rings is 1. The second-order valence-electron chi connectivity index (χ2n) is 4.90. The summed E-state index contributed by atoms with van der Waals surface area (Å²) in [6.07, 6.45) is 5.39. The van der Waals surface area contributed by atoms with Gasteiger partial charge in [0.25, 0.3) is 0 Å². The number of nitrogens with zero attached hydrogens (tertiary/aromatic N) is 3. The van der Waals surface area contributed by atoms with Crippen LogP contribution in [-0.4, -0.2) is 40.0 Å². The van der Waals surface area contributed by atoms with Crippen molar-refractivity contribution in [2.24, 2.45) is 0 Å². The molecule has 1 aliphatic rings. The molecule has 1 aliphatic heterocycles. The molecule has 2 aromatic heterocycles. The first-order chi connectivity index (χ1) is 9.24. The van der Waals surface area contributed by atoms with Crippen molar-refractivity contribution in [1.29, 1.82) is 0 Å². The standard InChI is InChI=1S/C13H17N5O/c1-9(19)17-10-3-6-18(7-4-10)13-12-11(2-5-14-13)15-8-16-12/h2,5,8,10H,3-4,6-7H2,1H3,(H,15,16)(H,17,19). The maximum Gasteiger partial charge on any atom is 0.217 e. The zero-order valence-electron chi connectivity index (χ0n) is 10.9. The van der Waals surface area contributed by atoms with Gasteiger partial charge in [0.05, 0.1) is 11.8 Å². The molecule has 0 atom stereocenters. The van der Waals surface area contributed by atoms with E-state index in [0.29, 0.717) is 0 Å². The number of H-pyrrole nitrogens is 1. The van der Waals surface area contributed by atoms with Crippen molar-refractivity contribution in [3.05, 3.63) is 18.6 Å². The fourth-order valence-corrected chi connectivity index (χ4v) is 2.61. The normalized spacial score (nSPS) is 16.8. The number of imidazole rings is 1. The third-order valence-corrected chi connectivity index (χ3v) is 3.52. The van der Waals surface area contributed by atoms with Crippen LogP contribution in [-0.2, 0) is 4.79 Å². The molecule has 100 valence electrons. The van der Waals surface area contributed by atoms with Crippen LogP contribution in [0.4, 0.5) is 5.82 Å². The Morgan fingerprint density at radius 3 is 2.95 bits per heavy atom. The summed E-state index contributed by atoms with van der Waals surface area (Å²) < 4.78 is 0. The Morgan fingerprint density at radius 1 is 1.42 bits per heavy atom. The predicted octanol–water partition coefficient (Wildman–Crippen LogP) is 1.06. The monoisotopic (exact) mass is 259 g/mol. The molecule has 2 aromatic rings. The van der Waals surface area contributed by atoms with E-state index < -0.39 is 0 Å². The molecule has 0 aromatic carbocycles. The van der Waals surface area contributed by atoms with Gasteiger partial charge in [0, 0.05) is 32.3 Å². The number of nitrogens with one attached hydrogen (secondary N) is 2. The number of hydrogen-bond acceptors (Lipinski definition) is 4. The number of aromatic amines is 1. The Bertz CT molecular complexity index is 585. The molecule has 1 amide bonds. The summed E-state index contributed by atoms with van der Waals surface area (Å²) in [6.45, 7) is 3.35. The van der Waals surface area contributed by atoms with Crippen LogP contribution in [0, 0.1) is 0 Å². The highest BCUT2D eigenvalue weighted by atomic mass is 16.1. The Balaban J connectivity index is 1.75. The molecule has 0 bridgehead atoms. The molecule has 3 rings (SSSR count). The Morgan fingerprint density at radius 2 is 2.21 bits per heavy atom. The highest BCUT2D eigenvalue weighted by molar-refractivity contribution is 5.85. The molecule has 0 aliphatic carbocycles. The molecule has 1 saturated heterocycles. The molecule has 6 nitrogen and oxygen atoms in total. The lowest BCUT2D eigenvalue weighted by atomic mass is 10.0. The van der Waals surface area contributed by atoms with Crippen molar-refractivity contribution in [2.45, 2.75) is 25.8 Å². The summed E-state index contributed by atoms with van der Waals surface area (Å²) >= 11 is 0. The Labute approximate surface area is 111 Å². The minimum absolute atomic E-state index is 0.0472. The SMILES string of the molecule is CC(=O)NC1CCN(c2nccc3[nH]cnc23)CC1. The van der Waals surface area contributed by atoms with E-state index >= 15 is 0 Å². The van der Waals surface area contributed by atoms with Crippen molar-refractivity contribution < 1.29 is 4.79 Å². The van der Waals surface area contributed by atoms with Gasteiger partial charge in [-0.15, -0.1) is 0 Å². The molecule has 6 heteroatoms. The molecular formula is C13H17N5O. The van der Waals surface area contributed by atoms with Crippen LogP contribution in [0.2, 0.25) is 0 Å². The number of rotatable bonds is 2. The second-order valence-corrected chi connectivity index (χ2v) is 4.90. The van der Waals surface area contributed by atoms with Gasteiger partial charge < -0.3 is 15.2 Å². The van der Waals surface area contributed by atoms with E-state index in [1.54, 1.807) is 19.4 Å². The summed E-state index contributed by atoms with van der Waals surface area (Å²) in [5.41, 5.74) is 1.93. The molecule has 0 radical (unpaired) electrons. The lowest BCUT2D eigenvalue weighted by molar-refractivity contribution is -0.119. The first-order valence-electron chi connectivity index (χ1n) is 6.54. The number of hydrogen-bond donors (Lipinski definition) is 2. The van der Waals surface area contributed by atoms with Gasteiger partial charge in [-0.2, -0.15) is 0 Å². The maximum atomic E-state index is 11.1. The van der Waals surface area contributed by atoms with Crippen LogP contribution >= 0.6 is 0 Å². The fourth-order valence-electron chi connectivity index (χ4n) is 2.61. The number of carbonyl (C=O) groups is 1.